The van der Waals surface area contributed by atoms with Crippen LogP contribution in [0.4, 0.5) is 4.39 Å². The first-order chi connectivity index (χ1) is 13.0. The van der Waals surface area contributed by atoms with Crippen molar-refractivity contribution in [2.45, 2.75) is 68.9 Å². The molecule has 3 aliphatic rings. The van der Waals surface area contributed by atoms with Gasteiger partial charge >= 0.3 is 0 Å². The molecule has 0 aromatic heterocycles. The third-order valence-corrected chi connectivity index (χ3v) is 6.66. The Morgan fingerprint density at radius 1 is 1.15 bits per heavy atom. The number of halogens is 1. The van der Waals surface area contributed by atoms with Crippen LogP contribution >= 0.6 is 0 Å². The number of hydrogen-bond acceptors (Lipinski definition) is 3. The molecule has 1 amide bonds. The quantitative estimate of drug-likeness (QED) is 0.832. The largest absolute Gasteiger partial charge is 0.389 e. The highest BCUT2D eigenvalue weighted by Gasteiger charge is 2.44. The Kier molecular flexibility index (Phi) is 5.51. The van der Waals surface area contributed by atoms with Gasteiger partial charge in [-0.15, -0.1) is 0 Å². The van der Waals surface area contributed by atoms with Gasteiger partial charge in [0, 0.05) is 31.6 Å². The summed E-state index contributed by atoms with van der Waals surface area (Å²) in [5.41, 5.74) is 0.567. The van der Waals surface area contributed by atoms with Crippen LogP contribution < -0.4 is 5.32 Å². The molecule has 5 heteroatoms. The van der Waals surface area contributed by atoms with Crippen molar-refractivity contribution in [1.82, 2.24) is 10.2 Å². The van der Waals surface area contributed by atoms with E-state index in [1.54, 1.807) is 12.1 Å². The van der Waals surface area contributed by atoms with Crippen LogP contribution in [0.15, 0.2) is 24.3 Å². The van der Waals surface area contributed by atoms with Crippen LogP contribution in [0.25, 0.3) is 0 Å². The van der Waals surface area contributed by atoms with Gasteiger partial charge in [-0.25, -0.2) is 4.39 Å². The van der Waals surface area contributed by atoms with Crippen LogP contribution in [0, 0.1) is 11.7 Å². The number of benzene rings is 1. The van der Waals surface area contributed by atoms with Gasteiger partial charge in [0.2, 0.25) is 5.91 Å². The summed E-state index contributed by atoms with van der Waals surface area (Å²) in [6.45, 7) is 2.67. The molecule has 27 heavy (non-hydrogen) atoms. The second kappa shape index (κ2) is 7.88. The van der Waals surface area contributed by atoms with Gasteiger partial charge in [0.25, 0.3) is 0 Å². The van der Waals surface area contributed by atoms with E-state index in [1.807, 2.05) is 0 Å². The number of piperidine rings is 1. The number of aliphatic hydroxyl groups is 1. The van der Waals surface area contributed by atoms with E-state index in [0.717, 1.165) is 70.1 Å². The first-order valence-electron chi connectivity index (χ1n) is 10.5. The highest BCUT2D eigenvalue weighted by molar-refractivity contribution is 5.83. The zero-order valence-electron chi connectivity index (χ0n) is 16.0. The summed E-state index contributed by atoms with van der Waals surface area (Å²) in [6.07, 6.45) is 8.15. The first kappa shape index (κ1) is 18.9. The van der Waals surface area contributed by atoms with Crippen molar-refractivity contribution < 1.29 is 14.3 Å². The number of nitrogens with one attached hydrogen (secondary N) is 1. The number of carbonyl (C=O) groups excluding carboxylic acids is 1. The van der Waals surface area contributed by atoms with Gasteiger partial charge in [-0.05, 0) is 55.7 Å². The maximum atomic E-state index is 13.0. The molecule has 1 saturated heterocycles. The number of amides is 1. The molecular formula is C22H31FN2O2. The molecule has 1 aromatic rings. The van der Waals surface area contributed by atoms with Crippen molar-refractivity contribution in [3.8, 4) is 0 Å². The fourth-order valence-corrected chi connectivity index (χ4v) is 4.89. The van der Waals surface area contributed by atoms with E-state index < -0.39 is 5.60 Å². The highest BCUT2D eigenvalue weighted by Crippen LogP contribution is 2.47. The number of likely N-dealkylation sites (tertiary alicyclic amines) is 1. The molecule has 0 unspecified atom stereocenters. The van der Waals surface area contributed by atoms with Crippen LogP contribution in [-0.4, -0.2) is 47.2 Å². The molecule has 3 fully saturated rings. The van der Waals surface area contributed by atoms with E-state index >= 15 is 0 Å². The van der Waals surface area contributed by atoms with E-state index in [9.17, 15) is 14.3 Å². The third kappa shape index (κ3) is 4.69. The Bertz CT molecular complexity index is 649. The van der Waals surface area contributed by atoms with Gasteiger partial charge in [0.05, 0.1) is 5.60 Å². The Labute approximate surface area is 161 Å². The summed E-state index contributed by atoms with van der Waals surface area (Å²) >= 11 is 0. The minimum Gasteiger partial charge on any atom is -0.389 e. The van der Waals surface area contributed by atoms with Gasteiger partial charge in [0.15, 0.2) is 0 Å². The lowest BCUT2D eigenvalue weighted by Crippen LogP contribution is -2.50. The van der Waals surface area contributed by atoms with Crippen LogP contribution in [0.3, 0.4) is 0 Å². The van der Waals surface area contributed by atoms with Crippen molar-refractivity contribution >= 4 is 5.91 Å². The fourth-order valence-electron chi connectivity index (χ4n) is 4.89. The topological polar surface area (TPSA) is 52.6 Å². The SMILES string of the molecule is O=C(NC1CCN(CC2(O)CCCCC2)CC1)[C@H]1C[C@@H]1c1ccc(F)cc1. The number of β-amino-alcohol motifs (C(OH)–C–C–N with tert-alkyl or cyclic N) is 1. The molecule has 148 valence electrons. The number of nitrogens with zero attached hydrogens (tertiary/aromatic N) is 1. The predicted molar refractivity (Wildman–Crippen MR) is 103 cm³/mol. The van der Waals surface area contributed by atoms with Gasteiger partial charge in [-0.1, -0.05) is 31.4 Å². The minimum absolute atomic E-state index is 0.0384. The highest BCUT2D eigenvalue weighted by atomic mass is 19.1. The fraction of sp³-hybridized carbons (Fsp3) is 0.682. The zero-order chi connectivity index (χ0) is 18.9. The van der Waals surface area contributed by atoms with Crippen molar-refractivity contribution in [2.75, 3.05) is 19.6 Å². The Hall–Kier alpha value is -1.46. The Balaban J connectivity index is 1.20. The van der Waals surface area contributed by atoms with E-state index in [-0.39, 0.29) is 29.6 Å². The zero-order valence-corrected chi connectivity index (χ0v) is 16.0. The molecule has 2 saturated carbocycles. The molecule has 4 nitrogen and oxygen atoms in total. The van der Waals surface area contributed by atoms with Crippen LogP contribution in [0.5, 0.6) is 0 Å². The van der Waals surface area contributed by atoms with Gasteiger partial charge < -0.3 is 15.3 Å². The molecule has 1 aromatic carbocycles. The number of rotatable bonds is 5. The summed E-state index contributed by atoms with van der Waals surface area (Å²) in [6, 6.07) is 6.77. The Morgan fingerprint density at radius 2 is 1.81 bits per heavy atom. The average Bonchev–Trinajstić information content (AvgIpc) is 3.45. The molecular weight excluding hydrogens is 343 g/mol. The van der Waals surface area contributed by atoms with Crippen molar-refractivity contribution in [3.63, 3.8) is 0 Å². The van der Waals surface area contributed by atoms with Crippen molar-refractivity contribution in [3.05, 3.63) is 35.6 Å². The van der Waals surface area contributed by atoms with E-state index in [0.29, 0.717) is 0 Å². The van der Waals surface area contributed by atoms with Crippen molar-refractivity contribution in [2.24, 2.45) is 5.92 Å². The van der Waals surface area contributed by atoms with E-state index in [1.165, 1.54) is 18.6 Å². The number of hydrogen-bond donors (Lipinski definition) is 2. The lowest BCUT2D eigenvalue weighted by atomic mass is 9.84. The van der Waals surface area contributed by atoms with Crippen LogP contribution in [0.2, 0.25) is 0 Å². The molecule has 4 rings (SSSR count). The monoisotopic (exact) mass is 374 g/mol. The summed E-state index contributed by atoms with van der Waals surface area (Å²) in [5.74, 6) is 0.196. The first-order valence-corrected chi connectivity index (χ1v) is 10.5. The number of carbonyl (C=O) groups is 1. The molecule has 1 heterocycles. The summed E-state index contributed by atoms with van der Waals surface area (Å²) < 4.78 is 13.0. The lowest BCUT2D eigenvalue weighted by Gasteiger charge is -2.40. The van der Waals surface area contributed by atoms with E-state index in [4.69, 9.17) is 0 Å². The second-order valence-corrected chi connectivity index (χ2v) is 8.84. The second-order valence-electron chi connectivity index (χ2n) is 8.84. The molecule has 2 aliphatic carbocycles. The maximum Gasteiger partial charge on any atom is 0.223 e. The lowest BCUT2D eigenvalue weighted by molar-refractivity contribution is -0.123. The summed E-state index contributed by atoms with van der Waals surface area (Å²) in [7, 11) is 0. The van der Waals surface area contributed by atoms with Gasteiger partial charge in [-0.2, -0.15) is 0 Å². The molecule has 2 atom stereocenters. The Morgan fingerprint density at radius 3 is 2.48 bits per heavy atom. The predicted octanol–water partition coefficient (Wildman–Crippen LogP) is 3.21. The maximum absolute atomic E-state index is 13.0. The summed E-state index contributed by atoms with van der Waals surface area (Å²) in [4.78, 5) is 14.9. The minimum atomic E-state index is -0.495. The summed E-state index contributed by atoms with van der Waals surface area (Å²) in [5, 5.41) is 14.0. The smallest absolute Gasteiger partial charge is 0.223 e. The third-order valence-electron chi connectivity index (χ3n) is 6.66. The molecule has 0 bridgehead atoms. The average molecular weight is 375 g/mol. The normalized spacial score (nSPS) is 28.7. The molecule has 0 spiro atoms. The standard InChI is InChI=1S/C22H31FN2O2/c23-17-6-4-16(5-7-17)19-14-20(19)21(26)24-18-8-12-25(13-9-18)15-22(27)10-2-1-3-11-22/h4-7,18-20,27H,1-3,8-15H2,(H,24,26)/t19-,20+/m1/s1. The van der Waals surface area contributed by atoms with Crippen LogP contribution in [-0.2, 0) is 4.79 Å². The van der Waals surface area contributed by atoms with E-state index in [2.05, 4.69) is 10.2 Å². The van der Waals surface area contributed by atoms with Gasteiger partial charge in [-0.3, -0.25) is 4.79 Å². The molecule has 0 radical (unpaired) electrons. The van der Waals surface area contributed by atoms with Gasteiger partial charge in [0.1, 0.15) is 5.82 Å². The van der Waals surface area contributed by atoms with Crippen molar-refractivity contribution in [1.29, 1.82) is 0 Å². The van der Waals surface area contributed by atoms with Crippen LogP contribution in [0.1, 0.15) is 62.8 Å². The molecule has 1 aliphatic heterocycles. The molecule has 2 N–H and O–H groups in total.